The molecular weight excluding hydrogens is 276 g/mol. The molecule has 3 atom stereocenters. The average Bonchev–Trinajstić information content (AvgIpc) is 2.94. The van der Waals surface area contributed by atoms with Crippen molar-refractivity contribution >= 4 is 12.0 Å². The van der Waals surface area contributed by atoms with Crippen LogP contribution in [-0.4, -0.2) is 66.6 Å². The molecule has 0 radical (unpaired) electrons. The summed E-state index contributed by atoms with van der Waals surface area (Å²) >= 11 is 0. The van der Waals surface area contributed by atoms with E-state index in [2.05, 4.69) is 5.32 Å². The van der Waals surface area contributed by atoms with Crippen LogP contribution >= 0.6 is 0 Å². The molecule has 2 aliphatic rings. The van der Waals surface area contributed by atoms with E-state index < -0.39 is 12.1 Å². The predicted molar refractivity (Wildman–Crippen MR) is 75.2 cm³/mol. The minimum absolute atomic E-state index is 0.119. The number of nitrogens with zero attached hydrogens (tertiary/aromatic N) is 1. The number of amides is 2. The summed E-state index contributed by atoms with van der Waals surface area (Å²) in [5.74, 6) is -0.931. The van der Waals surface area contributed by atoms with Gasteiger partial charge in [-0.2, -0.15) is 0 Å². The Morgan fingerprint density at radius 2 is 2.19 bits per heavy atom. The quantitative estimate of drug-likeness (QED) is 0.785. The van der Waals surface area contributed by atoms with Gasteiger partial charge in [-0.15, -0.1) is 0 Å². The first-order chi connectivity index (χ1) is 10.1. The molecular formula is C14H24N2O5. The highest BCUT2D eigenvalue weighted by Gasteiger charge is 2.31. The summed E-state index contributed by atoms with van der Waals surface area (Å²) in [5, 5.41) is 11.7. The number of carbonyl (C=O) groups is 2. The third-order valence-electron chi connectivity index (χ3n) is 3.93. The zero-order chi connectivity index (χ0) is 15.2. The topological polar surface area (TPSA) is 88.1 Å². The van der Waals surface area contributed by atoms with Gasteiger partial charge < -0.3 is 24.8 Å². The lowest BCUT2D eigenvalue weighted by Crippen LogP contribution is -2.49. The van der Waals surface area contributed by atoms with Crippen molar-refractivity contribution in [1.82, 2.24) is 10.2 Å². The fourth-order valence-electron chi connectivity index (χ4n) is 2.84. The van der Waals surface area contributed by atoms with Crippen molar-refractivity contribution in [2.75, 3.05) is 26.2 Å². The van der Waals surface area contributed by atoms with Gasteiger partial charge >= 0.3 is 12.0 Å². The number of nitrogens with one attached hydrogen (secondary N) is 1. The van der Waals surface area contributed by atoms with E-state index in [1.807, 2.05) is 6.92 Å². The SMILES string of the molecule is CCOC1CCCN(C(=O)NCC2CCC(C(=O)O)O2)C1. The van der Waals surface area contributed by atoms with Crippen molar-refractivity contribution in [1.29, 1.82) is 0 Å². The minimum Gasteiger partial charge on any atom is -0.479 e. The predicted octanol–water partition coefficient (Wildman–Crippen LogP) is 0.829. The highest BCUT2D eigenvalue weighted by Crippen LogP contribution is 2.19. The normalized spacial score (nSPS) is 29.4. The molecule has 2 aliphatic heterocycles. The molecule has 2 amide bonds. The smallest absolute Gasteiger partial charge is 0.332 e. The Hall–Kier alpha value is -1.34. The summed E-state index contributed by atoms with van der Waals surface area (Å²) in [4.78, 5) is 24.7. The van der Waals surface area contributed by atoms with E-state index in [-0.39, 0.29) is 18.2 Å². The molecule has 120 valence electrons. The second kappa shape index (κ2) is 7.61. The standard InChI is InChI=1S/C14H24N2O5/c1-2-20-11-4-3-7-16(9-11)14(19)15-8-10-5-6-12(21-10)13(17)18/h10-12H,2-9H2,1H3,(H,15,19)(H,17,18). The van der Waals surface area contributed by atoms with Crippen LogP contribution < -0.4 is 5.32 Å². The summed E-state index contributed by atoms with van der Waals surface area (Å²) in [6, 6.07) is -0.123. The number of urea groups is 1. The first kappa shape index (κ1) is 16.0. The van der Waals surface area contributed by atoms with Gasteiger partial charge in [0, 0.05) is 26.2 Å². The van der Waals surface area contributed by atoms with Crippen molar-refractivity contribution in [2.45, 2.75) is 50.9 Å². The van der Waals surface area contributed by atoms with Gasteiger partial charge in [0.15, 0.2) is 6.10 Å². The second-order valence-corrected chi connectivity index (χ2v) is 5.51. The third-order valence-corrected chi connectivity index (χ3v) is 3.93. The van der Waals surface area contributed by atoms with E-state index in [4.69, 9.17) is 14.6 Å². The molecule has 21 heavy (non-hydrogen) atoms. The Kier molecular flexibility index (Phi) is 5.81. The van der Waals surface area contributed by atoms with E-state index in [1.54, 1.807) is 4.90 Å². The summed E-state index contributed by atoms with van der Waals surface area (Å²) in [7, 11) is 0. The van der Waals surface area contributed by atoms with E-state index in [1.165, 1.54) is 0 Å². The third kappa shape index (κ3) is 4.57. The zero-order valence-corrected chi connectivity index (χ0v) is 12.4. The van der Waals surface area contributed by atoms with Gasteiger partial charge in [-0.3, -0.25) is 0 Å². The first-order valence-corrected chi connectivity index (χ1v) is 7.62. The number of piperidine rings is 1. The van der Waals surface area contributed by atoms with Crippen LogP contribution in [0.3, 0.4) is 0 Å². The molecule has 7 heteroatoms. The fourth-order valence-corrected chi connectivity index (χ4v) is 2.84. The molecule has 2 heterocycles. The molecule has 2 saturated heterocycles. The molecule has 0 aromatic heterocycles. The molecule has 0 spiro atoms. The number of carboxylic acids is 1. The molecule has 0 aromatic rings. The highest BCUT2D eigenvalue weighted by molar-refractivity contribution is 5.74. The van der Waals surface area contributed by atoms with Crippen LogP contribution in [0.15, 0.2) is 0 Å². The van der Waals surface area contributed by atoms with Gasteiger partial charge in [-0.1, -0.05) is 0 Å². The maximum Gasteiger partial charge on any atom is 0.332 e. The average molecular weight is 300 g/mol. The van der Waals surface area contributed by atoms with Gasteiger partial charge in [0.05, 0.1) is 12.2 Å². The van der Waals surface area contributed by atoms with E-state index in [9.17, 15) is 9.59 Å². The number of rotatable bonds is 5. The van der Waals surface area contributed by atoms with Crippen LogP contribution in [0, 0.1) is 0 Å². The maximum atomic E-state index is 12.1. The molecule has 0 aliphatic carbocycles. The number of likely N-dealkylation sites (tertiary alicyclic amines) is 1. The Labute approximate surface area is 124 Å². The lowest BCUT2D eigenvalue weighted by molar-refractivity contribution is -0.149. The Morgan fingerprint density at radius 3 is 2.86 bits per heavy atom. The van der Waals surface area contributed by atoms with Crippen molar-refractivity contribution in [3.63, 3.8) is 0 Å². The number of carbonyl (C=O) groups excluding carboxylic acids is 1. The molecule has 3 unspecified atom stereocenters. The molecule has 2 N–H and O–H groups in total. The van der Waals surface area contributed by atoms with Crippen molar-refractivity contribution in [3.05, 3.63) is 0 Å². The van der Waals surface area contributed by atoms with Crippen LogP contribution in [0.1, 0.15) is 32.6 Å². The number of carboxylic acid groups (broad SMARTS) is 1. The zero-order valence-electron chi connectivity index (χ0n) is 12.4. The highest BCUT2D eigenvalue weighted by atomic mass is 16.5. The first-order valence-electron chi connectivity index (χ1n) is 7.62. The number of aliphatic carboxylic acids is 1. The summed E-state index contributed by atoms with van der Waals surface area (Å²) in [6.45, 7) is 4.32. The van der Waals surface area contributed by atoms with Crippen LogP contribution in [-0.2, 0) is 14.3 Å². The van der Waals surface area contributed by atoms with E-state index >= 15 is 0 Å². The number of hydrogen-bond acceptors (Lipinski definition) is 4. The summed E-state index contributed by atoms with van der Waals surface area (Å²) in [6.07, 6.45) is 2.29. The van der Waals surface area contributed by atoms with E-state index in [0.29, 0.717) is 32.5 Å². The summed E-state index contributed by atoms with van der Waals surface area (Å²) in [5.41, 5.74) is 0. The van der Waals surface area contributed by atoms with Crippen molar-refractivity contribution < 1.29 is 24.2 Å². The van der Waals surface area contributed by atoms with Crippen LogP contribution in [0.25, 0.3) is 0 Å². The van der Waals surface area contributed by atoms with Gasteiger partial charge in [0.2, 0.25) is 0 Å². The van der Waals surface area contributed by atoms with Crippen LogP contribution in [0.2, 0.25) is 0 Å². The Balaban J connectivity index is 1.71. The van der Waals surface area contributed by atoms with Gasteiger partial charge in [0.25, 0.3) is 0 Å². The maximum absolute atomic E-state index is 12.1. The molecule has 0 aromatic carbocycles. The largest absolute Gasteiger partial charge is 0.479 e. The number of ether oxygens (including phenoxy) is 2. The molecule has 7 nitrogen and oxygen atoms in total. The Bertz CT molecular complexity index is 374. The summed E-state index contributed by atoms with van der Waals surface area (Å²) < 4.78 is 10.9. The Morgan fingerprint density at radius 1 is 1.38 bits per heavy atom. The second-order valence-electron chi connectivity index (χ2n) is 5.51. The van der Waals surface area contributed by atoms with E-state index in [0.717, 1.165) is 19.4 Å². The van der Waals surface area contributed by atoms with Gasteiger partial charge in [-0.25, -0.2) is 9.59 Å². The molecule has 0 saturated carbocycles. The van der Waals surface area contributed by atoms with Crippen molar-refractivity contribution in [3.8, 4) is 0 Å². The van der Waals surface area contributed by atoms with Crippen LogP contribution in [0.4, 0.5) is 4.79 Å². The molecule has 2 rings (SSSR count). The lowest BCUT2D eigenvalue weighted by Gasteiger charge is -2.32. The minimum atomic E-state index is -0.931. The lowest BCUT2D eigenvalue weighted by atomic mass is 10.1. The van der Waals surface area contributed by atoms with Crippen LogP contribution in [0.5, 0.6) is 0 Å². The fraction of sp³-hybridized carbons (Fsp3) is 0.857. The molecule has 0 bridgehead atoms. The molecule has 2 fully saturated rings. The van der Waals surface area contributed by atoms with Crippen molar-refractivity contribution in [2.24, 2.45) is 0 Å². The number of hydrogen-bond donors (Lipinski definition) is 2. The van der Waals surface area contributed by atoms with Gasteiger partial charge in [0.1, 0.15) is 0 Å². The van der Waals surface area contributed by atoms with Gasteiger partial charge in [-0.05, 0) is 32.6 Å². The monoisotopic (exact) mass is 300 g/mol.